The van der Waals surface area contributed by atoms with E-state index in [9.17, 15) is 0 Å². The lowest BCUT2D eigenvalue weighted by Gasteiger charge is -2.00. The summed E-state index contributed by atoms with van der Waals surface area (Å²) in [4.78, 5) is 0. The van der Waals surface area contributed by atoms with E-state index < -0.39 is 0 Å². The van der Waals surface area contributed by atoms with E-state index in [-0.39, 0.29) is 29.7 Å². The van der Waals surface area contributed by atoms with Crippen LogP contribution in [0.3, 0.4) is 0 Å². The minimum absolute atomic E-state index is 0. The predicted octanol–water partition coefficient (Wildman–Crippen LogP) is 6.10. The first-order chi connectivity index (χ1) is 4.81. The van der Waals surface area contributed by atoms with Crippen LogP contribution in [0.25, 0.3) is 0 Å². The van der Waals surface area contributed by atoms with Crippen LogP contribution < -0.4 is 0 Å². The smallest absolute Gasteiger partial charge is 0.0262 e. The van der Waals surface area contributed by atoms with Gasteiger partial charge in [-0.15, -0.1) is 6.58 Å². The Kier molecular flexibility index (Phi) is 47.7. The summed E-state index contributed by atoms with van der Waals surface area (Å²) < 4.78 is 0. The minimum Gasteiger partial charge on any atom is -0.103 e. The van der Waals surface area contributed by atoms with Crippen LogP contribution >= 0.6 is 0 Å². The summed E-state index contributed by atoms with van der Waals surface area (Å²) in [6.07, 6.45) is 10.1. The molecule has 14 heavy (non-hydrogen) atoms. The maximum absolute atomic E-state index is 3.74. The molecule has 0 aromatic rings. The summed E-state index contributed by atoms with van der Waals surface area (Å²) in [5.41, 5.74) is 0. The standard InChI is InChI=1S/C10H18.4CH4/c1-4-6-7-8-9-10(3)5-2;;;;/h5-7,10H,2,4,8-9H2,1,3H3;4*1H4. The largest absolute Gasteiger partial charge is 0.103 e. The summed E-state index contributed by atoms with van der Waals surface area (Å²) >= 11 is 0. The van der Waals surface area contributed by atoms with Gasteiger partial charge in [0.15, 0.2) is 0 Å². The summed E-state index contributed by atoms with van der Waals surface area (Å²) in [6.45, 7) is 8.10. The molecule has 1 atom stereocenters. The molecule has 0 aliphatic carbocycles. The molecule has 90 valence electrons. The zero-order valence-corrected chi connectivity index (χ0v) is 7.14. The minimum atomic E-state index is 0. The molecule has 0 bridgehead atoms. The fourth-order valence-corrected chi connectivity index (χ4v) is 0.761. The van der Waals surface area contributed by atoms with E-state index in [2.05, 4.69) is 32.6 Å². The third-order valence-electron chi connectivity index (χ3n) is 1.59. The maximum Gasteiger partial charge on any atom is -0.0262 e. The van der Waals surface area contributed by atoms with Crippen molar-refractivity contribution in [2.75, 3.05) is 0 Å². The van der Waals surface area contributed by atoms with Crippen molar-refractivity contribution in [3.63, 3.8) is 0 Å². The Bertz CT molecular complexity index is 101. The van der Waals surface area contributed by atoms with Crippen molar-refractivity contribution < 1.29 is 0 Å². The molecule has 0 N–H and O–H groups in total. The van der Waals surface area contributed by atoms with Gasteiger partial charge >= 0.3 is 0 Å². The van der Waals surface area contributed by atoms with Crippen molar-refractivity contribution >= 4 is 0 Å². The summed E-state index contributed by atoms with van der Waals surface area (Å²) in [5.74, 6) is 0.668. The highest BCUT2D eigenvalue weighted by Gasteiger charge is 1.91. The molecule has 0 fully saturated rings. The Morgan fingerprint density at radius 2 is 1.57 bits per heavy atom. The molecule has 0 radical (unpaired) electrons. The Morgan fingerprint density at radius 3 is 1.93 bits per heavy atom. The van der Waals surface area contributed by atoms with Gasteiger partial charge in [0, 0.05) is 0 Å². The Labute approximate surface area is 94.1 Å². The maximum atomic E-state index is 3.74. The Balaban J connectivity index is -0.0000000675. The van der Waals surface area contributed by atoms with Crippen molar-refractivity contribution in [3.05, 3.63) is 24.8 Å². The second kappa shape index (κ2) is 22.9. The van der Waals surface area contributed by atoms with Gasteiger partial charge < -0.3 is 0 Å². The summed E-state index contributed by atoms with van der Waals surface area (Å²) in [6, 6.07) is 0. The van der Waals surface area contributed by atoms with Crippen molar-refractivity contribution in [3.8, 4) is 0 Å². The third-order valence-corrected chi connectivity index (χ3v) is 1.59. The van der Waals surface area contributed by atoms with E-state index in [1.165, 1.54) is 12.8 Å². The highest BCUT2D eigenvalue weighted by atomic mass is 14.0. The van der Waals surface area contributed by atoms with Crippen LogP contribution in [0, 0.1) is 5.92 Å². The van der Waals surface area contributed by atoms with Gasteiger partial charge in [0.25, 0.3) is 0 Å². The van der Waals surface area contributed by atoms with Crippen molar-refractivity contribution in [2.45, 2.75) is 62.8 Å². The van der Waals surface area contributed by atoms with E-state index in [4.69, 9.17) is 0 Å². The third kappa shape index (κ3) is 22.5. The zero-order chi connectivity index (χ0) is 7.82. The molecule has 0 aliphatic heterocycles. The second-order valence-electron chi connectivity index (χ2n) is 2.67. The fraction of sp³-hybridized carbons (Fsp3) is 0.714. The van der Waals surface area contributed by atoms with E-state index in [1.807, 2.05) is 6.08 Å². The molecule has 0 heteroatoms. The molecule has 0 heterocycles. The Hall–Kier alpha value is -0.520. The second-order valence-corrected chi connectivity index (χ2v) is 2.67. The average molecular weight is 202 g/mol. The molecule has 0 nitrogen and oxygen atoms in total. The van der Waals surface area contributed by atoms with Crippen LogP contribution in [0.1, 0.15) is 62.8 Å². The molecule has 1 unspecified atom stereocenters. The average Bonchev–Trinajstić information content (AvgIpc) is 1.98. The first-order valence-electron chi connectivity index (χ1n) is 4.08. The van der Waals surface area contributed by atoms with Crippen LogP contribution in [-0.2, 0) is 0 Å². The van der Waals surface area contributed by atoms with Crippen LogP contribution in [-0.4, -0.2) is 0 Å². The molecular formula is C14H34. The van der Waals surface area contributed by atoms with Gasteiger partial charge in [-0.05, 0) is 25.2 Å². The first-order valence-corrected chi connectivity index (χ1v) is 4.08. The first kappa shape index (κ1) is 29.2. The predicted molar refractivity (Wildman–Crippen MR) is 75.0 cm³/mol. The Morgan fingerprint density at radius 1 is 1.07 bits per heavy atom. The number of allylic oxidation sites excluding steroid dienone is 3. The molecule has 0 rings (SSSR count). The lowest BCUT2D eigenvalue weighted by atomic mass is 10.1. The quantitative estimate of drug-likeness (QED) is 0.473. The molecule has 0 spiro atoms. The van der Waals surface area contributed by atoms with Crippen molar-refractivity contribution in [1.82, 2.24) is 0 Å². The normalized spacial score (nSPS) is 9.86. The highest BCUT2D eigenvalue weighted by Crippen LogP contribution is 2.06. The van der Waals surface area contributed by atoms with Gasteiger partial charge in [-0.3, -0.25) is 0 Å². The number of hydrogen-bond acceptors (Lipinski definition) is 0. The van der Waals surface area contributed by atoms with Gasteiger partial charge in [-0.2, -0.15) is 0 Å². The zero-order valence-electron chi connectivity index (χ0n) is 7.14. The highest BCUT2D eigenvalue weighted by molar-refractivity contribution is 4.83. The molecule has 0 aliphatic rings. The molecule has 0 aromatic carbocycles. The van der Waals surface area contributed by atoms with E-state index >= 15 is 0 Å². The van der Waals surface area contributed by atoms with Crippen molar-refractivity contribution in [2.24, 2.45) is 5.92 Å². The molecule has 0 saturated carbocycles. The van der Waals surface area contributed by atoms with Gasteiger partial charge in [0.2, 0.25) is 0 Å². The van der Waals surface area contributed by atoms with Crippen LogP contribution in [0.5, 0.6) is 0 Å². The number of rotatable bonds is 5. The lowest BCUT2D eigenvalue weighted by molar-refractivity contribution is 0.658. The van der Waals surface area contributed by atoms with Gasteiger partial charge in [0.05, 0.1) is 0 Å². The van der Waals surface area contributed by atoms with Crippen LogP contribution in [0.4, 0.5) is 0 Å². The van der Waals surface area contributed by atoms with E-state index in [1.54, 1.807) is 0 Å². The lowest BCUT2D eigenvalue weighted by Crippen LogP contribution is -1.85. The SMILES string of the molecule is C.C.C.C.C=CC(C)CCC=CCC. The van der Waals surface area contributed by atoms with Crippen LogP contribution in [0.15, 0.2) is 24.8 Å². The molecule has 0 aromatic heterocycles. The monoisotopic (exact) mass is 202 g/mol. The summed E-state index contributed by atoms with van der Waals surface area (Å²) in [7, 11) is 0. The van der Waals surface area contributed by atoms with Gasteiger partial charge in [0.1, 0.15) is 0 Å². The van der Waals surface area contributed by atoms with Crippen molar-refractivity contribution in [1.29, 1.82) is 0 Å². The summed E-state index contributed by atoms with van der Waals surface area (Å²) in [5, 5.41) is 0. The topological polar surface area (TPSA) is 0 Å². The molecule has 0 amide bonds. The van der Waals surface area contributed by atoms with Gasteiger partial charge in [-0.1, -0.05) is 61.8 Å². The van der Waals surface area contributed by atoms with Gasteiger partial charge in [-0.25, -0.2) is 0 Å². The van der Waals surface area contributed by atoms with E-state index in [0.717, 1.165) is 6.42 Å². The molecular weight excluding hydrogens is 168 g/mol. The molecule has 0 saturated heterocycles. The van der Waals surface area contributed by atoms with E-state index in [0.29, 0.717) is 5.92 Å². The number of hydrogen-bond donors (Lipinski definition) is 0. The van der Waals surface area contributed by atoms with Crippen LogP contribution in [0.2, 0.25) is 0 Å². The fourth-order valence-electron chi connectivity index (χ4n) is 0.761.